The highest BCUT2D eigenvalue weighted by Crippen LogP contribution is 2.26. The van der Waals surface area contributed by atoms with E-state index in [1.807, 2.05) is 65.6 Å². The average molecular weight is 702 g/mol. The Bertz CT molecular complexity index is 1470. The number of alkyl carbamates (subject to hydrolysis) is 1. The number of carbonyl (C=O) groups is 4. The van der Waals surface area contributed by atoms with Crippen LogP contribution < -0.4 is 21.3 Å². The molecule has 3 aromatic carbocycles. The Morgan fingerprint density at radius 1 is 0.792 bits per heavy atom. The minimum atomic E-state index is -1.20. The van der Waals surface area contributed by atoms with E-state index < -0.39 is 42.1 Å². The first-order valence-corrected chi connectivity index (χ1v) is 16.6. The van der Waals surface area contributed by atoms with E-state index in [0.29, 0.717) is 36.0 Å². The van der Waals surface area contributed by atoms with Crippen LogP contribution in [-0.2, 0) is 48.0 Å². The average Bonchev–Trinajstić information content (AvgIpc) is 3.10. The molecule has 0 aliphatic carbocycles. The lowest BCUT2D eigenvalue weighted by molar-refractivity contribution is -0.145. The van der Waals surface area contributed by atoms with Crippen LogP contribution in [0.5, 0.6) is 0 Å². The molecule has 48 heavy (non-hydrogen) atoms. The summed E-state index contributed by atoms with van der Waals surface area (Å²) in [5, 5.41) is 5.36. The monoisotopic (exact) mass is 700 g/mol. The van der Waals surface area contributed by atoms with E-state index in [1.54, 1.807) is 25.1 Å². The minimum absolute atomic E-state index is 0.00381. The predicted octanol–water partition coefficient (Wildman–Crippen LogP) is 4.27. The van der Waals surface area contributed by atoms with Crippen molar-refractivity contribution in [3.05, 3.63) is 101 Å². The van der Waals surface area contributed by atoms with Gasteiger partial charge in [-0.3, -0.25) is 4.79 Å². The van der Waals surface area contributed by atoms with Gasteiger partial charge < -0.3 is 35.5 Å². The molecule has 2 amide bonds. The third-order valence-corrected chi connectivity index (χ3v) is 7.75. The molecule has 3 aromatic rings. The van der Waals surface area contributed by atoms with E-state index in [2.05, 4.69) is 10.6 Å². The van der Waals surface area contributed by atoms with Gasteiger partial charge in [-0.1, -0.05) is 66.7 Å². The molecule has 13 heteroatoms. The Morgan fingerprint density at radius 2 is 1.42 bits per heavy atom. The van der Waals surface area contributed by atoms with Gasteiger partial charge in [-0.2, -0.15) is 0 Å². The van der Waals surface area contributed by atoms with Crippen molar-refractivity contribution < 1.29 is 33.4 Å². The summed E-state index contributed by atoms with van der Waals surface area (Å²) < 4.78 is 15.6. The SMILES string of the molecule is CCOC(=O)C(N)c1cc(N(CCCl)CCCl)ccc1C[C@H](NC(=O)[C@H](Cc1ccccc1)NC(=O)OCc1ccccc1)C(=O)OC. The van der Waals surface area contributed by atoms with E-state index in [9.17, 15) is 19.2 Å². The maximum absolute atomic E-state index is 13.8. The molecule has 258 valence electrons. The summed E-state index contributed by atoms with van der Waals surface area (Å²) in [6.07, 6.45) is -0.768. The standard InChI is InChI=1S/C35H42Cl2N4O7/c1-3-47-34(44)31(38)28-22-27(41(18-16-36)19-17-37)15-14-26(28)21-30(33(43)46-2)39-32(42)29(20-24-10-6-4-7-11-24)40-35(45)48-23-25-12-8-5-9-13-25/h4-15,22,29-31H,3,16-21,23,38H2,1-2H3,(H,39,42)(H,40,45)/t29-,30-,31?/m0/s1. The second-order valence-electron chi connectivity index (χ2n) is 10.7. The lowest BCUT2D eigenvalue weighted by atomic mass is 9.94. The Labute approximate surface area is 291 Å². The van der Waals surface area contributed by atoms with E-state index >= 15 is 0 Å². The smallest absolute Gasteiger partial charge is 0.408 e. The van der Waals surface area contributed by atoms with E-state index in [0.717, 1.165) is 16.8 Å². The van der Waals surface area contributed by atoms with Crippen molar-refractivity contribution in [3.8, 4) is 0 Å². The molecule has 4 N–H and O–H groups in total. The van der Waals surface area contributed by atoms with Crippen LogP contribution >= 0.6 is 23.2 Å². The van der Waals surface area contributed by atoms with Crippen molar-refractivity contribution >= 4 is 52.8 Å². The molecule has 0 aliphatic rings. The number of methoxy groups -OCH3 is 1. The van der Waals surface area contributed by atoms with Gasteiger partial charge >= 0.3 is 18.0 Å². The number of hydrogen-bond acceptors (Lipinski definition) is 9. The summed E-state index contributed by atoms with van der Waals surface area (Å²) in [6, 6.07) is 20.0. The zero-order chi connectivity index (χ0) is 34.9. The number of amides is 2. The van der Waals surface area contributed by atoms with E-state index in [-0.39, 0.29) is 26.1 Å². The third-order valence-electron chi connectivity index (χ3n) is 7.41. The van der Waals surface area contributed by atoms with Gasteiger partial charge in [-0.15, -0.1) is 23.2 Å². The molecule has 0 aliphatic heterocycles. The maximum atomic E-state index is 13.8. The highest BCUT2D eigenvalue weighted by Gasteiger charge is 2.30. The van der Waals surface area contributed by atoms with Crippen molar-refractivity contribution in [2.75, 3.05) is 43.5 Å². The number of hydrogen-bond donors (Lipinski definition) is 3. The molecule has 1 unspecified atom stereocenters. The van der Waals surface area contributed by atoms with Gasteiger partial charge in [0.2, 0.25) is 5.91 Å². The summed E-state index contributed by atoms with van der Waals surface area (Å²) in [5.74, 6) is -1.36. The van der Waals surface area contributed by atoms with Crippen LogP contribution in [-0.4, -0.2) is 74.6 Å². The topological polar surface area (TPSA) is 149 Å². The first-order valence-electron chi connectivity index (χ1n) is 15.5. The number of alkyl halides is 2. The number of anilines is 1. The Morgan fingerprint density at radius 3 is 2.00 bits per heavy atom. The molecule has 11 nitrogen and oxygen atoms in total. The lowest BCUT2D eigenvalue weighted by Crippen LogP contribution is -2.53. The van der Waals surface area contributed by atoms with Crippen molar-refractivity contribution in [1.29, 1.82) is 0 Å². The van der Waals surface area contributed by atoms with Gasteiger partial charge in [0.15, 0.2) is 0 Å². The normalized spacial score (nSPS) is 12.6. The van der Waals surface area contributed by atoms with Crippen LogP contribution in [0.25, 0.3) is 0 Å². The summed E-state index contributed by atoms with van der Waals surface area (Å²) in [5.41, 5.74) is 9.54. The second kappa shape index (κ2) is 20.1. The lowest BCUT2D eigenvalue weighted by Gasteiger charge is -2.27. The molecule has 0 aromatic heterocycles. The molecule has 0 fully saturated rings. The molecule has 0 bridgehead atoms. The quantitative estimate of drug-likeness (QED) is 0.100. The molecule has 0 heterocycles. The Hall–Kier alpha value is -4.32. The number of esters is 2. The van der Waals surface area contributed by atoms with Gasteiger partial charge in [0.05, 0.1) is 13.7 Å². The first kappa shape index (κ1) is 38.1. The van der Waals surface area contributed by atoms with Crippen molar-refractivity contribution in [2.24, 2.45) is 5.73 Å². The fourth-order valence-corrected chi connectivity index (χ4v) is 5.39. The predicted molar refractivity (Wildman–Crippen MR) is 185 cm³/mol. The summed E-state index contributed by atoms with van der Waals surface area (Å²) in [4.78, 5) is 54.4. The fraction of sp³-hybridized carbons (Fsp3) is 0.371. The summed E-state index contributed by atoms with van der Waals surface area (Å²) in [7, 11) is 1.20. The molecule has 0 saturated heterocycles. The van der Waals surface area contributed by atoms with Crippen LogP contribution in [0, 0.1) is 0 Å². The zero-order valence-electron chi connectivity index (χ0n) is 27.0. The number of carbonyl (C=O) groups excluding carboxylic acids is 4. The number of nitrogens with two attached hydrogens (primary N) is 1. The number of nitrogens with one attached hydrogen (secondary N) is 2. The highest BCUT2D eigenvalue weighted by atomic mass is 35.5. The van der Waals surface area contributed by atoms with Crippen LogP contribution in [0.15, 0.2) is 78.9 Å². The second-order valence-corrected chi connectivity index (χ2v) is 11.5. The van der Waals surface area contributed by atoms with Crippen LogP contribution in [0.3, 0.4) is 0 Å². The maximum Gasteiger partial charge on any atom is 0.408 e. The van der Waals surface area contributed by atoms with Crippen LogP contribution in [0.4, 0.5) is 10.5 Å². The van der Waals surface area contributed by atoms with E-state index in [1.165, 1.54) is 7.11 Å². The van der Waals surface area contributed by atoms with Gasteiger partial charge in [0.25, 0.3) is 0 Å². The van der Waals surface area contributed by atoms with Crippen LogP contribution in [0.1, 0.15) is 35.2 Å². The van der Waals surface area contributed by atoms with Crippen molar-refractivity contribution in [1.82, 2.24) is 10.6 Å². The van der Waals surface area contributed by atoms with E-state index in [4.69, 9.17) is 43.1 Å². The third kappa shape index (κ3) is 11.7. The largest absolute Gasteiger partial charge is 0.467 e. The summed E-state index contributed by atoms with van der Waals surface area (Å²) >= 11 is 12.0. The number of benzene rings is 3. The molecule has 0 spiro atoms. The van der Waals surface area contributed by atoms with Gasteiger partial charge in [-0.05, 0) is 41.3 Å². The summed E-state index contributed by atoms with van der Waals surface area (Å²) in [6.45, 7) is 2.78. The molecular weight excluding hydrogens is 659 g/mol. The van der Waals surface area contributed by atoms with Crippen molar-refractivity contribution in [3.63, 3.8) is 0 Å². The molecule has 3 rings (SSSR count). The minimum Gasteiger partial charge on any atom is -0.467 e. The Balaban J connectivity index is 1.90. The molecule has 0 radical (unpaired) electrons. The first-order chi connectivity index (χ1) is 23.2. The molecule has 3 atom stereocenters. The number of nitrogens with zero attached hydrogens (tertiary/aromatic N) is 1. The molecule has 0 saturated carbocycles. The van der Waals surface area contributed by atoms with Gasteiger partial charge in [0, 0.05) is 43.4 Å². The number of rotatable bonds is 18. The zero-order valence-corrected chi connectivity index (χ0v) is 28.5. The van der Waals surface area contributed by atoms with Gasteiger partial charge in [0.1, 0.15) is 24.7 Å². The van der Waals surface area contributed by atoms with Crippen LogP contribution in [0.2, 0.25) is 0 Å². The highest BCUT2D eigenvalue weighted by molar-refractivity contribution is 6.18. The number of halogens is 2. The van der Waals surface area contributed by atoms with Crippen molar-refractivity contribution in [2.45, 2.75) is 44.5 Å². The fourth-order valence-electron chi connectivity index (χ4n) is 4.98. The Kier molecular flexibility index (Phi) is 16.0. The number of ether oxygens (including phenoxy) is 3. The van der Waals surface area contributed by atoms with Gasteiger partial charge in [-0.25, -0.2) is 14.4 Å². The molecular formula is C35H42Cl2N4O7.